The Hall–Kier alpha value is -1.69. The van der Waals surface area contributed by atoms with Gasteiger partial charge in [0.05, 0.1) is 22.5 Å². The van der Waals surface area contributed by atoms with E-state index < -0.39 is 0 Å². The summed E-state index contributed by atoms with van der Waals surface area (Å²) in [6, 6.07) is 4.28. The van der Waals surface area contributed by atoms with Gasteiger partial charge >= 0.3 is 0 Å². The minimum Gasteiger partial charge on any atom is -0.370 e. The molecule has 3 aliphatic rings. The van der Waals surface area contributed by atoms with Crippen LogP contribution in [0.3, 0.4) is 0 Å². The Morgan fingerprint density at radius 1 is 1.32 bits per heavy atom. The SMILES string of the molecule is CN1C2=C(SC1c1ccc(N3CCCC3)cn1)C(=O)NCC2. The van der Waals surface area contributed by atoms with Gasteiger partial charge in [-0.1, -0.05) is 11.8 Å². The summed E-state index contributed by atoms with van der Waals surface area (Å²) in [4.78, 5) is 22.1. The highest BCUT2D eigenvalue weighted by Crippen LogP contribution is 2.48. The van der Waals surface area contributed by atoms with Crippen LogP contribution >= 0.6 is 11.8 Å². The van der Waals surface area contributed by atoms with Crippen LogP contribution in [0.5, 0.6) is 0 Å². The summed E-state index contributed by atoms with van der Waals surface area (Å²) in [6.07, 6.45) is 5.43. The second kappa shape index (κ2) is 5.50. The van der Waals surface area contributed by atoms with Gasteiger partial charge in [0.15, 0.2) is 0 Å². The second-order valence-electron chi connectivity index (χ2n) is 6.00. The molecule has 0 spiro atoms. The highest BCUT2D eigenvalue weighted by atomic mass is 32.2. The summed E-state index contributed by atoms with van der Waals surface area (Å²) in [5.41, 5.74) is 3.39. The van der Waals surface area contributed by atoms with E-state index in [-0.39, 0.29) is 11.3 Å². The first-order valence-electron chi connectivity index (χ1n) is 7.86. The van der Waals surface area contributed by atoms with Crippen molar-refractivity contribution >= 4 is 23.4 Å². The third kappa shape index (κ3) is 2.26. The molecular formula is C16H20N4OS. The third-order valence-corrected chi connectivity index (χ3v) is 6.06. The topological polar surface area (TPSA) is 48.5 Å². The van der Waals surface area contributed by atoms with E-state index in [1.807, 2.05) is 6.20 Å². The maximum atomic E-state index is 12.0. The molecule has 4 heterocycles. The molecule has 0 saturated carbocycles. The van der Waals surface area contributed by atoms with Crippen molar-refractivity contribution in [3.63, 3.8) is 0 Å². The monoisotopic (exact) mass is 316 g/mol. The Kier molecular flexibility index (Phi) is 3.48. The Bertz CT molecular complexity index is 622. The third-order valence-electron chi connectivity index (χ3n) is 4.62. The van der Waals surface area contributed by atoms with Gasteiger partial charge in [0.25, 0.3) is 5.91 Å². The molecule has 0 bridgehead atoms. The van der Waals surface area contributed by atoms with Crippen LogP contribution in [-0.4, -0.2) is 42.5 Å². The molecule has 3 aliphatic heterocycles. The molecule has 1 fully saturated rings. The predicted octanol–water partition coefficient (Wildman–Crippen LogP) is 2.09. The molecular weight excluding hydrogens is 296 g/mol. The maximum Gasteiger partial charge on any atom is 0.259 e. The van der Waals surface area contributed by atoms with Gasteiger partial charge in [-0.2, -0.15) is 0 Å². The quantitative estimate of drug-likeness (QED) is 0.905. The van der Waals surface area contributed by atoms with Crippen LogP contribution in [0.25, 0.3) is 0 Å². The van der Waals surface area contributed by atoms with Crippen molar-refractivity contribution in [3.05, 3.63) is 34.6 Å². The largest absolute Gasteiger partial charge is 0.370 e. The van der Waals surface area contributed by atoms with Crippen molar-refractivity contribution in [1.82, 2.24) is 15.2 Å². The van der Waals surface area contributed by atoms with Gasteiger partial charge in [-0.25, -0.2) is 0 Å². The van der Waals surface area contributed by atoms with Gasteiger partial charge < -0.3 is 15.1 Å². The van der Waals surface area contributed by atoms with Crippen molar-refractivity contribution < 1.29 is 4.79 Å². The lowest BCUT2D eigenvalue weighted by molar-refractivity contribution is -0.117. The van der Waals surface area contributed by atoms with Gasteiger partial charge in [-0.15, -0.1) is 0 Å². The molecule has 0 aromatic carbocycles. The van der Waals surface area contributed by atoms with Crippen molar-refractivity contribution in [3.8, 4) is 0 Å². The normalized spacial score (nSPS) is 24.8. The number of nitrogens with one attached hydrogen (secondary N) is 1. The standard InChI is InChI=1S/C16H20N4OS/c1-19-13-6-7-17-15(21)14(13)22-16(19)12-5-4-11(10-18-12)20-8-2-3-9-20/h4-5,10,16H,2-3,6-9H2,1H3,(H,17,21). The molecule has 0 aliphatic carbocycles. The van der Waals surface area contributed by atoms with Crippen LogP contribution in [0.2, 0.25) is 0 Å². The molecule has 4 rings (SSSR count). The number of hydrogen-bond acceptors (Lipinski definition) is 5. The average molecular weight is 316 g/mol. The van der Waals surface area contributed by atoms with E-state index in [1.54, 1.807) is 11.8 Å². The second-order valence-corrected chi connectivity index (χ2v) is 7.09. The van der Waals surface area contributed by atoms with Crippen LogP contribution in [0, 0.1) is 0 Å². The van der Waals surface area contributed by atoms with E-state index in [0.29, 0.717) is 0 Å². The first-order chi connectivity index (χ1) is 10.7. The lowest BCUT2D eigenvalue weighted by Gasteiger charge is -2.25. The van der Waals surface area contributed by atoms with Crippen LogP contribution in [0.15, 0.2) is 28.9 Å². The number of pyridine rings is 1. The van der Waals surface area contributed by atoms with Crippen molar-refractivity contribution in [2.75, 3.05) is 31.6 Å². The summed E-state index contributed by atoms with van der Waals surface area (Å²) in [5, 5.41) is 3.03. The Morgan fingerprint density at radius 2 is 2.14 bits per heavy atom. The van der Waals surface area contributed by atoms with Crippen LogP contribution in [0.4, 0.5) is 5.69 Å². The fourth-order valence-electron chi connectivity index (χ4n) is 3.37. The molecule has 5 nitrogen and oxygen atoms in total. The molecule has 116 valence electrons. The number of nitrogens with zero attached hydrogens (tertiary/aromatic N) is 3. The van der Waals surface area contributed by atoms with Gasteiger partial charge in [-0.3, -0.25) is 9.78 Å². The molecule has 1 atom stereocenters. The first-order valence-corrected chi connectivity index (χ1v) is 8.74. The molecule has 1 saturated heterocycles. The van der Waals surface area contributed by atoms with Crippen LogP contribution < -0.4 is 10.2 Å². The van der Waals surface area contributed by atoms with E-state index in [0.717, 1.165) is 42.4 Å². The number of carbonyl (C=O) groups excluding carboxylic acids is 1. The minimum absolute atomic E-state index is 0.0642. The summed E-state index contributed by atoms with van der Waals surface area (Å²) >= 11 is 1.62. The Balaban J connectivity index is 1.54. The summed E-state index contributed by atoms with van der Waals surface area (Å²) in [5.74, 6) is 0.0642. The lowest BCUT2D eigenvalue weighted by Crippen LogP contribution is -2.31. The fourth-order valence-corrected chi connectivity index (χ4v) is 4.70. The molecule has 0 radical (unpaired) electrons. The number of anilines is 1. The van der Waals surface area contributed by atoms with E-state index in [2.05, 4.69) is 39.3 Å². The minimum atomic E-state index is 0.0642. The van der Waals surface area contributed by atoms with Crippen molar-refractivity contribution in [2.45, 2.75) is 24.6 Å². The van der Waals surface area contributed by atoms with E-state index >= 15 is 0 Å². The lowest BCUT2D eigenvalue weighted by atomic mass is 10.2. The number of aromatic nitrogens is 1. The Morgan fingerprint density at radius 3 is 2.82 bits per heavy atom. The predicted molar refractivity (Wildman–Crippen MR) is 88.4 cm³/mol. The summed E-state index contributed by atoms with van der Waals surface area (Å²) < 4.78 is 0. The van der Waals surface area contributed by atoms with Gasteiger partial charge in [0.1, 0.15) is 5.37 Å². The molecule has 1 aromatic rings. The molecule has 1 unspecified atom stereocenters. The maximum absolute atomic E-state index is 12.0. The number of hydrogen-bond donors (Lipinski definition) is 1. The molecule has 6 heteroatoms. The molecule has 1 aromatic heterocycles. The molecule has 1 N–H and O–H groups in total. The smallest absolute Gasteiger partial charge is 0.259 e. The van der Waals surface area contributed by atoms with Crippen molar-refractivity contribution in [1.29, 1.82) is 0 Å². The first kappa shape index (κ1) is 13.9. The van der Waals surface area contributed by atoms with Crippen LogP contribution in [-0.2, 0) is 4.79 Å². The molecule has 22 heavy (non-hydrogen) atoms. The number of carbonyl (C=O) groups is 1. The van der Waals surface area contributed by atoms with E-state index in [4.69, 9.17) is 0 Å². The number of thioether (sulfide) groups is 1. The van der Waals surface area contributed by atoms with Gasteiger partial charge in [0.2, 0.25) is 0 Å². The highest BCUT2D eigenvalue weighted by Gasteiger charge is 2.36. The van der Waals surface area contributed by atoms with E-state index in [9.17, 15) is 4.79 Å². The zero-order valence-electron chi connectivity index (χ0n) is 12.7. The highest BCUT2D eigenvalue weighted by molar-refractivity contribution is 8.04. The number of amides is 1. The fraction of sp³-hybridized carbons (Fsp3) is 0.500. The zero-order chi connectivity index (χ0) is 15.1. The zero-order valence-corrected chi connectivity index (χ0v) is 13.5. The molecule has 1 amide bonds. The summed E-state index contributed by atoms with van der Waals surface area (Å²) in [6.45, 7) is 3.00. The van der Waals surface area contributed by atoms with E-state index in [1.165, 1.54) is 18.5 Å². The summed E-state index contributed by atoms with van der Waals surface area (Å²) in [7, 11) is 2.06. The van der Waals surface area contributed by atoms with Crippen molar-refractivity contribution in [2.24, 2.45) is 0 Å². The number of rotatable bonds is 2. The Labute approximate surface area is 134 Å². The van der Waals surface area contributed by atoms with Gasteiger partial charge in [0, 0.05) is 38.8 Å². The van der Waals surface area contributed by atoms with Crippen LogP contribution in [0.1, 0.15) is 30.3 Å². The average Bonchev–Trinajstić information content (AvgIpc) is 3.17. The van der Waals surface area contributed by atoms with Gasteiger partial charge in [-0.05, 0) is 25.0 Å².